The number of piperidine rings is 1. The predicted octanol–water partition coefficient (Wildman–Crippen LogP) is 1.97. The van der Waals surface area contributed by atoms with Crippen molar-refractivity contribution in [2.24, 2.45) is 0 Å². The molecule has 0 bridgehead atoms. The van der Waals surface area contributed by atoms with Gasteiger partial charge in [-0.2, -0.15) is 5.10 Å². The highest BCUT2D eigenvalue weighted by Gasteiger charge is 2.26. The summed E-state index contributed by atoms with van der Waals surface area (Å²) in [6.07, 6.45) is 5.96. The van der Waals surface area contributed by atoms with E-state index in [1.54, 1.807) is 4.68 Å². The molecule has 0 spiro atoms. The highest BCUT2D eigenvalue weighted by Crippen LogP contribution is 2.28. The fraction of sp³-hybridized carbons (Fsp3) is 0.471. The average Bonchev–Trinajstić information content (AvgIpc) is 3.31. The van der Waals surface area contributed by atoms with Crippen LogP contribution in [0, 0.1) is 6.92 Å². The Bertz CT molecular complexity index is 834. The maximum Gasteiger partial charge on any atom is 0.175 e. The lowest BCUT2D eigenvalue weighted by atomic mass is 9.97. The Hall–Kier alpha value is -2.77. The van der Waals surface area contributed by atoms with E-state index in [4.69, 9.17) is 0 Å². The molecule has 0 aromatic carbocycles. The molecule has 130 valence electrons. The quantitative estimate of drug-likeness (QED) is 0.724. The van der Waals surface area contributed by atoms with Crippen molar-refractivity contribution in [3.05, 3.63) is 42.2 Å². The van der Waals surface area contributed by atoms with Gasteiger partial charge in [0.15, 0.2) is 11.6 Å². The third-order valence-corrected chi connectivity index (χ3v) is 4.69. The van der Waals surface area contributed by atoms with Gasteiger partial charge in [-0.1, -0.05) is 0 Å². The average molecular weight is 338 g/mol. The maximum atomic E-state index is 4.42. The number of aromatic nitrogens is 7. The minimum Gasteiger partial charge on any atom is -0.354 e. The normalized spacial score (nSPS) is 17.8. The lowest BCUT2D eigenvalue weighted by molar-refractivity contribution is 0.470. The Labute approximate surface area is 146 Å². The van der Waals surface area contributed by atoms with Crippen LogP contribution in [0.5, 0.6) is 0 Å². The van der Waals surface area contributed by atoms with E-state index in [2.05, 4.69) is 41.9 Å². The Kier molecular flexibility index (Phi) is 4.17. The van der Waals surface area contributed by atoms with Crippen LogP contribution in [0.2, 0.25) is 0 Å². The SMILES string of the molecule is CCn1cnnc1[C@@H]1CCCN(c2ccc(-n3ccc(C)n3)nn2)C1. The Morgan fingerprint density at radius 1 is 1.12 bits per heavy atom. The van der Waals surface area contributed by atoms with Gasteiger partial charge in [-0.3, -0.25) is 0 Å². The minimum atomic E-state index is 0.381. The molecule has 0 N–H and O–H groups in total. The molecule has 1 aliphatic heterocycles. The molecule has 1 atom stereocenters. The molecular weight excluding hydrogens is 316 g/mol. The molecule has 0 radical (unpaired) electrons. The summed E-state index contributed by atoms with van der Waals surface area (Å²) in [7, 11) is 0. The van der Waals surface area contributed by atoms with Crippen molar-refractivity contribution in [1.82, 2.24) is 34.7 Å². The van der Waals surface area contributed by atoms with Crippen LogP contribution in [0.25, 0.3) is 5.82 Å². The Balaban J connectivity index is 1.51. The van der Waals surface area contributed by atoms with Gasteiger partial charge in [0, 0.05) is 31.7 Å². The minimum absolute atomic E-state index is 0.381. The maximum absolute atomic E-state index is 4.42. The van der Waals surface area contributed by atoms with E-state index in [0.29, 0.717) is 5.92 Å². The molecule has 0 aliphatic carbocycles. The highest BCUT2D eigenvalue weighted by atomic mass is 15.4. The number of anilines is 1. The molecule has 8 heteroatoms. The number of aryl methyl sites for hydroxylation is 2. The molecule has 1 fully saturated rings. The molecular formula is C17H22N8. The van der Waals surface area contributed by atoms with Gasteiger partial charge in [-0.25, -0.2) is 4.68 Å². The zero-order chi connectivity index (χ0) is 17.2. The molecule has 1 saturated heterocycles. The molecule has 0 saturated carbocycles. The molecule has 0 unspecified atom stereocenters. The van der Waals surface area contributed by atoms with E-state index in [-0.39, 0.29) is 0 Å². The van der Waals surface area contributed by atoms with Gasteiger partial charge in [0.25, 0.3) is 0 Å². The molecule has 4 rings (SSSR count). The topological polar surface area (TPSA) is 77.5 Å². The second-order valence-corrected chi connectivity index (χ2v) is 6.41. The van der Waals surface area contributed by atoms with Crippen LogP contribution in [-0.4, -0.2) is 47.8 Å². The third-order valence-electron chi connectivity index (χ3n) is 4.69. The van der Waals surface area contributed by atoms with Gasteiger partial charge in [0.2, 0.25) is 0 Å². The van der Waals surface area contributed by atoms with Crippen molar-refractivity contribution in [2.45, 2.75) is 39.2 Å². The van der Waals surface area contributed by atoms with Crippen molar-refractivity contribution >= 4 is 5.82 Å². The van der Waals surface area contributed by atoms with E-state index >= 15 is 0 Å². The second-order valence-electron chi connectivity index (χ2n) is 6.41. The summed E-state index contributed by atoms with van der Waals surface area (Å²) in [5.41, 5.74) is 0.963. The van der Waals surface area contributed by atoms with E-state index < -0.39 is 0 Å². The van der Waals surface area contributed by atoms with Crippen LogP contribution >= 0.6 is 0 Å². The molecule has 3 aromatic rings. The lowest BCUT2D eigenvalue weighted by Crippen LogP contribution is -2.36. The number of rotatable bonds is 4. The number of hydrogen-bond donors (Lipinski definition) is 0. The van der Waals surface area contributed by atoms with Crippen LogP contribution in [0.1, 0.15) is 37.2 Å². The van der Waals surface area contributed by atoms with Crippen molar-refractivity contribution in [3.8, 4) is 5.82 Å². The fourth-order valence-electron chi connectivity index (χ4n) is 3.37. The first-order chi connectivity index (χ1) is 12.2. The molecule has 25 heavy (non-hydrogen) atoms. The highest BCUT2D eigenvalue weighted by molar-refractivity contribution is 5.40. The van der Waals surface area contributed by atoms with Crippen molar-refractivity contribution in [3.63, 3.8) is 0 Å². The first kappa shape index (κ1) is 15.7. The summed E-state index contributed by atoms with van der Waals surface area (Å²) in [4.78, 5) is 2.29. The molecule has 1 aliphatic rings. The predicted molar refractivity (Wildman–Crippen MR) is 93.8 cm³/mol. The van der Waals surface area contributed by atoms with Crippen molar-refractivity contribution in [1.29, 1.82) is 0 Å². The van der Waals surface area contributed by atoms with Crippen LogP contribution < -0.4 is 4.90 Å². The standard InChI is InChI=1S/C17H22N8/c1-3-23-12-18-21-17(23)14-5-4-9-24(11-14)15-6-7-16(20-19-15)25-10-8-13(2)22-25/h6-8,10,12,14H,3-5,9,11H2,1-2H3/t14-/m1/s1. The van der Waals surface area contributed by atoms with Crippen LogP contribution in [0.15, 0.2) is 30.7 Å². The van der Waals surface area contributed by atoms with Gasteiger partial charge in [0.1, 0.15) is 12.2 Å². The first-order valence-corrected chi connectivity index (χ1v) is 8.73. The van der Waals surface area contributed by atoms with Gasteiger partial charge in [-0.05, 0) is 44.9 Å². The zero-order valence-electron chi connectivity index (χ0n) is 14.6. The van der Waals surface area contributed by atoms with Crippen LogP contribution in [0.4, 0.5) is 5.82 Å². The van der Waals surface area contributed by atoms with E-state index in [9.17, 15) is 0 Å². The number of hydrogen-bond acceptors (Lipinski definition) is 6. The summed E-state index contributed by atoms with van der Waals surface area (Å²) >= 11 is 0. The summed E-state index contributed by atoms with van der Waals surface area (Å²) < 4.78 is 3.87. The largest absolute Gasteiger partial charge is 0.354 e. The van der Waals surface area contributed by atoms with E-state index in [1.165, 1.54) is 0 Å². The first-order valence-electron chi connectivity index (χ1n) is 8.73. The van der Waals surface area contributed by atoms with Gasteiger partial charge >= 0.3 is 0 Å². The van der Waals surface area contributed by atoms with E-state index in [0.717, 1.165) is 55.6 Å². The summed E-state index contributed by atoms with van der Waals surface area (Å²) in [5.74, 6) is 3.09. The molecule has 0 amide bonds. The van der Waals surface area contributed by atoms with Crippen molar-refractivity contribution in [2.75, 3.05) is 18.0 Å². The Morgan fingerprint density at radius 2 is 1.96 bits per heavy atom. The van der Waals surface area contributed by atoms with Crippen molar-refractivity contribution < 1.29 is 0 Å². The lowest BCUT2D eigenvalue weighted by Gasteiger charge is -2.32. The number of nitrogens with zero attached hydrogens (tertiary/aromatic N) is 8. The van der Waals surface area contributed by atoms with Gasteiger partial charge in [-0.15, -0.1) is 20.4 Å². The fourth-order valence-corrected chi connectivity index (χ4v) is 3.37. The smallest absolute Gasteiger partial charge is 0.175 e. The monoisotopic (exact) mass is 338 g/mol. The van der Waals surface area contributed by atoms with Gasteiger partial charge < -0.3 is 9.47 Å². The second kappa shape index (κ2) is 6.62. The van der Waals surface area contributed by atoms with Crippen LogP contribution in [0.3, 0.4) is 0 Å². The molecule has 3 aromatic heterocycles. The Morgan fingerprint density at radius 3 is 2.68 bits per heavy atom. The van der Waals surface area contributed by atoms with E-state index in [1.807, 2.05) is 37.6 Å². The molecule has 4 heterocycles. The summed E-state index contributed by atoms with van der Waals surface area (Å²) in [6.45, 7) is 6.87. The molecule has 8 nitrogen and oxygen atoms in total. The van der Waals surface area contributed by atoms with Gasteiger partial charge in [0.05, 0.1) is 5.69 Å². The third kappa shape index (κ3) is 3.11. The summed E-state index contributed by atoms with van der Waals surface area (Å²) in [5, 5.41) is 21.5. The zero-order valence-corrected chi connectivity index (χ0v) is 14.6. The summed E-state index contributed by atoms with van der Waals surface area (Å²) in [6, 6.07) is 5.94. The van der Waals surface area contributed by atoms with Crippen LogP contribution in [-0.2, 0) is 6.54 Å².